The Balaban J connectivity index is 1.02. The molecule has 11 aromatic carbocycles. The average molecular weight is 854 g/mol. The molecule has 0 spiro atoms. The van der Waals surface area contributed by atoms with Crippen LogP contribution in [0.5, 0.6) is 0 Å². The molecule has 314 valence electrons. The largest absolute Gasteiger partial charge is 0.455 e. The second kappa shape index (κ2) is 15.8. The Bertz CT molecular complexity index is 3790. The van der Waals surface area contributed by atoms with E-state index >= 15 is 0 Å². The summed E-state index contributed by atoms with van der Waals surface area (Å²) < 4.78 is 6.53. The highest BCUT2D eigenvalue weighted by Crippen LogP contribution is 2.60. The SMILES string of the molecule is c1ccc(-c2ccc(-c3cccc(N(c4cccc5c4-c4ccccc4C5(c4ccccc4)c4ccc(-c5cccc6c5oc5ccccc56)cc4)c4cccc5ccccc45)c3)cc2)cc1. The number of rotatable bonds is 8. The van der Waals surface area contributed by atoms with Crippen molar-refractivity contribution in [2.45, 2.75) is 5.41 Å². The van der Waals surface area contributed by atoms with Gasteiger partial charge in [-0.05, 0) is 91.4 Å². The van der Waals surface area contributed by atoms with E-state index < -0.39 is 5.41 Å². The monoisotopic (exact) mass is 853 g/mol. The van der Waals surface area contributed by atoms with Gasteiger partial charge in [0, 0.05) is 33.0 Å². The molecule has 2 nitrogen and oxygen atoms in total. The summed E-state index contributed by atoms with van der Waals surface area (Å²) in [7, 11) is 0. The summed E-state index contributed by atoms with van der Waals surface area (Å²) in [6, 6.07) is 95.2. The van der Waals surface area contributed by atoms with Gasteiger partial charge in [0.15, 0.2) is 0 Å². The summed E-state index contributed by atoms with van der Waals surface area (Å²) in [5, 5.41) is 4.65. The minimum absolute atomic E-state index is 0.611. The van der Waals surface area contributed by atoms with Crippen molar-refractivity contribution in [3.63, 3.8) is 0 Å². The van der Waals surface area contributed by atoms with Crippen LogP contribution in [-0.4, -0.2) is 0 Å². The number of para-hydroxylation sites is 2. The van der Waals surface area contributed by atoms with Gasteiger partial charge >= 0.3 is 0 Å². The molecular weight excluding hydrogens is 811 g/mol. The van der Waals surface area contributed by atoms with E-state index in [1.807, 2.05) is 6.07 Å². The smallest absolute Gasteiger partial charge is 0.143 e. The zero-order valence-electron chi connectivity index (χ0n) is 36.7. The molecule has 0 radical (unpaired) electrons. The summed E-state index contributed by atoms with van der Waals surface area (Å²) in [5.41, 5.74) is 18.9. The molecule has 1 aliphatic rings. The van der Waals surface area contributed by atoms with Crippen LogP contribution in [0.15, 0.2) is 265 Å². The molecule has 0 N–H and O–H groups in total. The molecule has 1 unspecified atom stereocenters. The topological polar surface area (TPSA) is 16.4 Å². The average Bonchev–Trinajstić information content (AvgIpc) is 3.94. The minimum Gasteiger partial charge on any atom is -0.455 e. The lowest BCUT2D eigenvalue weighted by Crippen LogP contribution is -2.28. The molecular formula is C65H43NO. The molecule has 1 heterocycles. The van der Waals surface area contributed by atoms with Crippen molar-refractivity contribution in [3.05, 3.63) is 283 Å². The van der Waals surface area contributed by atoms with E-state index in [0.29, 0.717) is 0 Å². The van der Waals surface area contributed by atoms with E-state index in [-0.39, 0.29) is 0 Å². The fourth-order valence-corrected chi connectivity index (χ4v) is 11.0. The Morgan fingerprint density at radius 1 is 0.328 bits per heavy atom. The van der Waals surface area contributed by atoms with E-state index in [0.717, 1.165) is 55.7 Å². The highest BCUT2D eigenvalue weighted by molar-refractivity contribution is 6.10. The third kappa shape index (κ3) is 6.18. The van der Waals surface area contributed by atoms with Crippen molar-refractivity contribution in [1.82, 2.24) is 0 Å². The van der Waals surface area contributed by atoms with Crippen molar-refractivity contribution < 1.29 is 4.42 Å². The summed E-state index contributed by atoms with van der Waals surface area (Å²) in [6.45, 7) is 0. The summed E-state index contributed by atoms with van der Waals surface area (Å²) in [6.07, 6.45) is 0. The van der Waals surface area contributed by atoms with E-state index in [9.17, 15) is 0 Å². The third-order valence-electron chi connectivity index (χ3n) is 14.0. The predicted octanol–water partition coefficient (Wildman–Crippen LogP) is 17.6. The van der Waals surface area contributed by atoms with Gasteiger partial charge in [0.25, 0.3) is 0 Å². The van der Waals surface area contributed by atoms with Crippen LogP contribution in [0.1, 0.15) is 22.3 Å². The molecule has 0 saturated carbocycles. The van der Waals surface area contributed by atoms with Crippen molar-refractivity contribution in [2.75, 3.05) is 4.90 Å². The first kappa shape index (κ1) is 38.7. The lowest BCUT2D eigenvalue weighted by atomic mass is 9.67. The number of fused-ring (bicyclic) bond motifs is 7. The van der Waals surface area contributed by atoms with Gasteiger partial charge in [-0.2, -0.15) is 0 Å². The fourth-order valence-electron chi connectivity index (χ4n) is 11.0. The first-order valence-electron chi connectivity index (χ1n) is 23.1. The molecule has 0 fully saturated rings. The summed E-state index contributed by atoms with van der Waals surface area (Å²) in [5.74, 6) is 0. The Morgan fingerprint density at radius 3 is 1.70 bits per heavy atom. The van der Waals surface area contributed by atoms with Crippen LogP contribution in [0.4, 0.5) is 17.1 Å². The first-order valence-corrected chi connectivity index (χ1v) is 23.1. The Morgan fingerprint density at radius 2 is 0.866 bits per heavy atom. The number of hydrogen-bond acceptors (Lipinski definition) is 2. The van der Waals surface area contributed by atoms with Crippen LogP contribution in [0.25, 0.3) is 77.2 Å². The number of benzene rings is 11. The van der Waals surface area contributed by atoms with Crippen molar-refractivity contribution >= 4 is 49.8 Å². The predicted molar refractivity (Wildman–Crippen MR) is 280 cm³/mol. The first-order chi connectivity index (χ1) is 33.2. The van der Waals surface area contributed by atoms with Crippen LogP contribution in [0.2, 0.25) is 0 Å². The highest BCUT2D eigenvalue weighted by Gasteiger charge is 2.47. The van der Waals surface area contributed by atoms with Gasteiger partial charge in [0.2, 0.25) is 0 Å². The Labute approximate surface area is 390 Å². The minimum atomic E-state index is -0.611. The summed E-state index contributed by atoms with van der Waals surface area (Å²) >= 11 is 0. The van der Waals surface area contributed by atoms with Gasteiger partial charge in [0.05, 0.1) is 16.8 Å². The maximum absolute atomic E-state index is 6.53. The lowest BCUT2D eigenvalue weighted by molar-refractivity contribution is 0.670. The molecule has 0 bridgehead atoms. The van der Waals surface area contributed by atoms with Gasteiger partial charge in [-0.15, -0.1) is 0 Å². The third-order valence-corrected chi connectivity index (χ3v) is 14.0. The Hall–Kier alpha value is -8.72. The normalized spacial score (nSPS) is 14.0. The molecule has 67 heavy (non-hydrogen) atoms. The summed E-state index contributed by atoms with van der Waals surface area (Å²) in [4.78, 5) is 2.50. The molecule has 1 atom stereocenters. The number of furan rings is 1. The fraction of sp³-hybridized carbons (Fsp3) is 0.0154. The van der Waals surface area contributed by atoms with Crippen LogP contribution < -0.4 is 4.90 Å². The molecule has 0 amide bonds. The van der Waals surface area contributed by atoms with Gasteiger partial charge < -0.3 is 9.32 Å². The molecule has 2 heteroatoms. The standard InChI is InChI=1S/C65H43NO/c1-3-17-44(18-4-1)45-35-37-46(38-36-45)49-21-13-24-52(43-49)66(60-32-14-20-47-19-7-8-25-53(47)60)61-33-16-31-59-63(61)57-27-9-11-30-58(57)65(59,50-22-5-2-6-23-50)51-41-39-48(40-42-51)54-28-15-29-56-55-26-10-12-34-62(55)67-64(54)56/h1-43H. The van der Waals surface area contributed by atoms with Crippen LogP contribution >= 0.6 is 0 Å². The zero-order chi connectivity index (χ0) is 44.3. The van der Waals surface area contributed by atoms with Gasteiger partial charge in [0.1, 0.15) is 11.2 Å². The van der Waals surface area contributed by atoms with E-state index in [2.05, 4.69) is 260 Å². The van der Waals surface area contributed by atoms with Gasteiger partial charge in [-0.3, -0.25) is 0 Å². The number of nitrogens with zero attached hydrogens (tertiary/aromatic N) is 1. The van der Waals surface area contributed by atoms with Crippen LogP contribution in [0.3, 0.4) is 0 Å². The molecule has 13 rings (SSSR count). The molecule has 1 aromatic heterocycles. The van der Waals surface area contributed by atoms with Crippen molar-refractivity contribution in [1.29, 1.82) is 0 Å². The quantitative estimate of drug-likeness (QED) is 0.151. The molecule has 0 saturated heterocycles. The van der Waals surface area contributed by atoms with Gasteiger partial charge in [-0.1, -0.05) is 231 Å². The van der Waals surface area contributed by atoms with Crippen molar-refractivity contribution in [2.24, 2.45) is 0 Å². The molecule has 12 aromatic rings. The van der Waals surface area contributed by atoms with E-state index in [1.165, 1.54) is 60.8 Å². The highest BCUT2D eigenvalue weighted by atomic mass is 16.3. The van der Waals surface area contributed by atoms with Crippen molar-refractivity contribution in [3.8, 4) is 44.5 Å². The molecule has 0 aliphatic heterocycles. The van der Waals surface area contributed by atoms with Gasteiger partial charge in [-0.25, -0.2) is 0 Å². The number of anilines is 3. The second-order valence-electron chi connectivity index (χ2n) is 17.5. The number of hydrogen-bond donors (Lipinski definition) is 0. The lowest BCUT2D eigenvalue weighted by Gasteiger charge is -2.34. The van der Waals surface area contributed by atoms with Crippen LogP contribution in [-0.2, 0) is 5.41 Å². The van der Waals surface area contributed by atoms with E-state index in [4.69, 9.17) is 4.42 Å². The zero-order valence-corrected chi connectivity index (χ0v) is 36.7. The maximum Gasteiger partial charge on any atom is 0.143 e. The van der Waals surface area contributed by atoms with E-state index in [1.54, 1.807) is 0 Å². The van der Waals surface area contributed by atoms with Crippen LogP contribution in [0, 0.1) is 0 Å². The Kier molecular flexibility index (Phi) is 9.11. The molecule has 1 aliphatic carbocycles. The second-order valence-corrected chi connectivity index (χ2v) is 17.5. The maximum atomic E-state index is 6.53.